The molecule has 7 heteroatoms. The molecule has 0 aromatic carbocycles. The molecule has 2 fully saturated rings. The predicted octanol–water partition coefficient (Wildman–Crippen LogP) is 0.945. The lowest BCUT2D eigenvalue weighted by Gasteiger charge is -2.36. The van der Waals surface area contributed by atoms with Gasteiger partial charge in [0.05, 0.1) is 6.54 Å². The molecule has 2 saturated heterocycles. The van der Waals surface area contributed by atoms with Crippen LogP contribution in [0.2, 0.25) is 0 Å². The molecule has 0 aliphatic carbocycles. The molecule has 2 heterocycles. The zero-order chi connectivity index (χ0) is 17.2. The summed E-state index contributed by atoms with van der Waals surface area (Å²) >= 11 is 1.87. The molecule has 2 rings (SSSR count). The smallest absolute Gasteiger partial charge is 0.236 e. The van der Waals surface area contributed by atoms with Crippen molar-refractivity contribution in [2.24, 2.45) is 4.99 Å². The highest BCUT2D eigenvalue weighted by atomic mass is 32.2. The van der Waals surface area contributed by atoms with E-state index in [-0.39, 0.29) is 0 Å². The molecule has 0 saturated carbocycles. The van der Waals surface area contributed by atoms with Crippen LogP contribution in [-0.4, -0.2) is 97.5 Å². The third-order valence-electron chi connectivity index (χ3n) is 4.59. The van der Waals surface area contributed by atoms with E-state index in [1.807, 2.05) is 16.7 Å². The summed E-state index contributed by atoms with van der Waals surface area (Å²) in [6, 6.07) is 0. The minimum absolute atomic E-state index is 0.304. The van der Waals surface area contributed by atoms with Gasteiger partial charge in [-0.2, -0.15) is 11.8 Å². The van der Waals surface area contributed by atoms with Crippen LogP contribution in [-0.2, 0) is 4.79 Å². The summed E-state index contributed by atoms with van der Waals surface area (Å²) in [6.07, 6.45) is 5.59. The normalized spacial score (nSPS) is 19.8. The monoisotopic (exact) mass is 355 g/mol. The number of rotatable bonds is 7. The largest absolute Gasteiger partial charge is 0.357 e. The summed E-state index contributed by atoms with van der Waals surface area (Å²) in [5, 5.41) is 3.41. The summed E-state index contributed by atoms with van der Waals surface area (Å²) in [4.78, 5) is 23.7. The summed E-state index contributed by atoms with van der Waals surface area (Å²) < 4.78 is 0. The van der Waals surface area contributed by atoms with Gasteiger partial charge in [-0.15, -0.1) is 0 Å². The van der Waals surface area contributed by atoms with E-state index < -0.39 is 0 Å². The number of aliphatic imine (C=N–C) groups is 1. The van der Waals surface area contributed by atoms with Crippen molar-refractivity contribution < 1.29 is 4.79 Å². The van der Waals surface area contributed by atoms with Gasteiger partial charge < -0.3 is 15.1 Å². The molecule has 0 spiro atoms. The van der Waals surface area contributed by atoms with E-state index in [9.17, 15) is 4.79 Å². The standard InChI is InChI=1S/C17H33N5OS/c1-3-18-17(19-7-6-14-24-2)22-12-10-20(11-13-22)15-16(23)21-8-4-5-9-21/h3-15H2,1-2H3,(H,18,19). The summed E-state index contributed by atoms with van der Waals surface area (Å²) in [6.45, 7) is 10.1. The van der Waals surface area contributed by atoms with E-state index in [4.69, 9.17) is 4.99 Å². The zero-order valence-electron chi connectivity index (χ0n) is 15.3. The molecule has 138 valence electrons. The van der Waals surface area contributed by atoms with Crippen molar-refractivity contribution in [2.75, 3.05) is 70.9 Å². The third kappa shape index (κ3) is 6.16. The highest BCUT2D eigenvalue weighted by molar-refractivity contribution is 7.98. The second-order valence-electron chi connectivity index (χ2n) is 6.43. The molecule has 0 atom stereocenters. The molecule has 24 heavy (non-hydrogen) atoms. The van der Waals surface area contributed by atoms with Crippen molar-refractivity contribution in [3.05, 3.63) is 0 Å². The Morgan fingerprint density at radius 1 is 1.08 bits per heavy atom. The van der Waals surface area contributed by atoms with E-state index in [1.165, 1.54) is 12.8 Å². The van der Waals surface area contributed by atoms with Crippen molar-refractivity contribution in [1.82, 2.24) is 20.0 Å². The van der Waals surface area contributed by atoms with Crippen molar-refractivity contribution >= 4 is 23.6 Å². The number of piperazine rings is 1. The second-order valence-corrected chi connectivity index (χ2v) is 7.42. The maximum absolute atomic E-state index is 12.3. The fraction of sp³-hybridized carbons (Fsp3) is 0.882. The Hall–Kier alpha value is -0.950. The minimum Gasteiger partial charge on any atom is -0.357 e. The Balaban J connectivity index is 1.75. The molecule has 1 N–H and O–H groups in total. The Kier molecular flexibility index (Phi) is 8.74. The lowest BCUT2D eigenvalue weighted by molar-refractivity contribution is -0.131. The van der Waals surface area contributed by atoms with Crippen LogP contribution in [0.1, 0.15) is 26.2 Å². The topological polar surface area (TPSA) is 51.2 Å². The first kappa shape index (κ1) is 19.4. The number of carbonyl (C=O) groups excluding carboxylic acids is 1. The van der Waals surface area contributed by atoms with Gasteiger partial charge in [0, 0.05) is 52.4 Å². The molecular formula is C17H33N5OS. The molecule has 0 radical (unpaired) electrons. The van der Waals surface area contributed by atoms with Crippen LogP contribution >= 0.6 is 11.8 Å². The number of hydrogen-bond acceptors (Lipinski definition) is 4. The average Bonchev–Trinajstić information content (AvgIpc) is 3.13. The predicted molar refractivity (Wildman–Crippen MR) is 103 cm³/mol. The number of carbonyl (C=O) groups is 1. The highest BCUT2D eigenvalue weighted by Crippen LogP contribution is 2.09. The fourth-order valence-electron chi connectivity index (χ4n) is 3.20. The van der Waals surface area contributed by atoms with E-state index in [0.29, 0.717) is 12.5 Å². The van der Waals surface area contributed by atoms with Crippen LogP contribution in [0.4, 0.5) is 0 Å². The molecule has 0 aromatic heterocycles. The van der Waals surface area contributed by atoms with E-state index in [0.717, 1.165) is 70.5 Å². The Morgan fingerprint density at radius 3 is 2.42 bits per heavy atom. The van der Waals surface area contributed by atoms with E-state index in [2.05, 4.69) is 28.3 Å². The van der Waals surface area contributed by atoms with Crippen LogP contribution in [0, 0.1) is 0 Å². The number of hydrogen-bond donors (Lipinski definition) is 1. The number of nitrogens with zero attached hydrogens (tertiary/aromatic N) is 4. The van der Waals surface area contributed by atoms with E-state index >= 15 is 0 Å². The third-order valence-corrected chi connectivity index (χ3v) is 5.29. The van der Waals surface area contributed by atoms with Gasteiger partial charge in [-0.05, 0) is 38.2 Å². The van der Waals surface area contributed by atoms with Crippen LogP contribution in [0.5, 0.6) is 0 Å². The van der Waals surface area contributed by atoms with Gasteiger partial charge in [0.1, 0.15) is 0 Å². The van der Waals surface area contributed by atoms with Crippen LogP contribution in [0.15, 0.2) is 4.99 Å². The molecular weight excluding hydrogens is 322 g/mol. The van der Waals surface area contributed by atoms with Gasteiger partial charge >= 0.3 is 0 Å². The quantitative estimate of drug-likeness (QED) is 0.419. The van der Waals surface area contributed by atoms with Crippen LogP contribution in [0.3, 0.4) is 0 Å². The number of amides is 1. The number of thioether (sulfide) groups is 1. The molecule has 0 bridgehead atoms. The first-order valence-corrected chi connectivity index (χ1v) is 10.7. The van der Waals surface area contributed by atoms with Crippen LogP contribution < -0.4 is 5.32 Å². The van der Waals surface area contributed by atoms with Gasteiger partial charge in [-0.1, -0.05) is 0 Å². The lowest BCUT2D eigenvalue weighted by atomic mass is 10.3. The van der Waals surface area contributed by atoms with Gasteiger partial charge in [-0.25, -0.2) is 0 Å². The minimum atomic E-state index is 0.304. The lowest BCUT2D eigenvalue weighted by Crippen LogP contribution is -2.54. The fourth-order valence-corrected chi connectivity index (χ4v) is 3.61. The molecule has 1 amide bonds. The summed E-state index contributed by atoms with van der Waals surface area (Å²) in [5.74, 6) is 2.50. The molecule has 6 nitrogen and oxygen atoms in total. The van der Waals surface area contributed by atoms with Crippen molar-refractivity contribution in [1.29, 1.82) is 0 Å². The maximum atomic E-state index is 12.3. The first-order valence-electron chi connectivity index (χ1n) is 9.27. The Bertz CT molecular complexity index is 404. The molecule has 0 unspecified atom stereocenters. The number of guanidine groups is 1. The van der Waals surface area contributed by atoms with Crippen LogP contribution in [0.25, 0.3) is 0 Å². The SMILES string of the molecule is CCNC(=NCCCSC)N1CCN(CC(=O)N2CCCC2)CC1. The van der Waals surface area contributed by atoms with Crippen molar-refractivity contribution in [3.8, 4) is 0 Å². The average molecular weight is 356 g/mol. The first-order chi connectivity index (χ1) is 11.7. The molecule has 2 aliphatic heterocycles. The number of likely N-dealkylation sites (tertiary alicyclic amines) is 1. The molecule has 0 aromatic rings. The maximum Gasteiger partial charge on any atom is 0.236 e. The summed E-state index contributed by atoms with van der Waals surface area (Å²) in [7, 11) is 0. The second kappa shape index (κ2) is 10.8. The molecule has 2 aliphatic rings. The van der Waals surface area contributed by atoms with Gasteiger partial charge in [0.2, 0.25) is 5.91 Å². The Morgan fingerprint density at radius 2 is 1.79 bits per heavy atom. The van der Waals surface area contributed by atoms with Gasteiger partial charge in [-0.3, -0.25) is 14.7 Å². The van der Waals surface area contributed by atoms with E-state index in [1.54, 1.807) is 0 Å². The zero-order valence-corrected chi connectivity index (χ0v) is 16.1. The van der Waals surface area contributed by atoms with Crippen molar-refractivity contribution in [3.63, 3.8) is 0 Å². The Labute approximate surface area is 151 Å². The highest BCUT2D eigenvalue weighted by Gasteiger charge is 2.24. The van der Waals surface area contributed by atoms with Crippen molar-refractivity contribution in [2.45, 2.75) is 26.2 Å². The summed E-state index contributed by atoms with van der Waals surface area (Å²) in [5.41, 5.74) is 0. The van der Waals surface area contributed by atoms with Gasteiger partial charge in [0.15, 0.2) is 5.96 Å². The number of nitrogens with one attached hydrogen (secondary N) is 1. The van der Waals surface area contributed by atoms with Gasteiger partial charge in [0.25, 0.3) is 0 Å².